The molecule has 0 bridgehead atoms. The maximum absolute atomic E-state index is 5.05. The number of aryl methyl sites for hydroxylation is 1. The number of anilines is 2. The molecule has 7 nitrogen and oxygen atoms in total. The van der Waals surface area contributed by atoms with Gasteiger partial charge in [-0.05, 0) is 78.6 Å². The average Bonchev–Trinajstić information content (AvgIpc) is 3.43. The van der Waals surface area contributed by atoms with Gasteiger partial charge in [-0.1, -0.05) is 30.0 Å². The van der Waals surface area contributed by atoms with Crippen molar-refractivity contribution < 1.29 is 0 Å². The number of thiazole rings is 1. The third-order valence-corrected chi connectivity index (χ3v) is 8.10. The molecule has 0 unspecified atom stereocenters. The summed E-state index contributed by atoms with van der Waals surface area (Å²) < 4.78 is 0. The van der Waals surface area contributed by atoms with E-state index in [9.17, 15) is 0 Å². The number of piperidine rings is 1. The quantitative estimate of drug-likeness (QED) is 0.316. The highest BCUT2D eigenvalue weighted by Crippen LogP contribution is 2.39. The molecule has 3 aromatic rings. The first-order chi connectivity index (χ1) is 16.9. The fourth-order valence-electron chi connectivity index (χ4n) is 5.55. The van der Waals surface area contributed by atoms with E-state index in [0.29, 0.717) is 6.04 Å². The van der Waals surface area contributed by atoms with Crippen LogP contribution < -0.4 is 15.5 Å². The molecule has 0 spiro atoms. The van der Waals surface area contributed by atoms with Gasteiger partial charge < -0.3 is 15.5 Å². The molecule has 0 aliphatic carbocycles. The fourth-order valence-corrected chi connectivity index (χ4v) is 6.58. The van der Waals surface area contributed by atoms with Crippen LogP contribution in [0.5, 0.6) is 0 Å². The minimum absolute atomic E-state index is 0.0829. The lowest BCUT2D eigenvalue weighted by Crippen LogP contribution is -2.61. The third-order valence-electron chi connectivity index (χ3n) is 6.96. The molecular formula is C28H39N7S. The van der Waals surface area contributed by atoms with Crippen molar-refractivity contribution in [3.63, 3.8) is 0 Å². The van der Waals surface area contributed by atoms with Crippen LogP contribution in [0.2, 0.25) is 0 Å². The number of hydrogen-bond acceptors (Lipinski definition) is 7. The maximum Gasteiger partial charge on any atom is 0.187 e. The van der Waals surface area contributed by atoms with Gasteiger partial charge in [-0.2, -0.15) is 5.10 Å². The Hall–Kier alpha value is -2.97. The standard InChI is InChI=1S/C28H39N7S/c1-10-29-24-17(2)22(20-15-30-31-16-20)11-12-23(24)18(3)32-25-19(4)33-26(36-25)35(9)21-13-27(5,6)34-28(7,8)14-21/h10-12,15-16,21,29,34H,1,13-14H2,2-9H3,(H,30,31)/b32-18+. The van der Waals surface area contributed by atoms with Gasteiger partial charge in [0.2, 0.25) is 0 Å². The summed E-state index contributed by atoms with van der Waals surface area (Å²) in [5.74, 6) is 0. The van der Waals surface area contributed by atoms with Crippen molar-refractivity contribution in [2.45, 2.75) is 78.4 Å². The van der Waals surface area contributed by atoms with E-state index in [1.54, 1.807) is 17.5 Å². The number of H-pyrrole nitrogens is 1. The SMILES string of the molecule is C=CNc1c(/C(C)=N/c2sc(N(C)C3CC(C)(C)NC(C)(C)C3)nc2C)ccc(-c2cn[nH]c2)c1C. The van der Waals surface area contributed by atoms with E-state index in [4.69, 9.17) is 9.98 Å². The molecule has 1 saturated heterocycles. The normalized spacial score (nSPS) is 17.7. The van der Waals surface area contributed by atoms with Gasteiger partial charge in [-0.3, -0.25) is 5.10 Å². The molecule has 2 aromatic heterocycles. The molecule has 36 heavy (non-hydrogen) atoms. The molecule has 0 radical (unpaired) electrons. The molecule has 3 N–H and O–H groups in total. The largest absolute Gasteiger partial charge is 0.362 e. The summed E-state index contributed by atoms with van der Waals surface area (Å²) in [6.07, 6.45) is 7.60. The highest BCUT2D eigenvalue weighted by Gasteiger charge is 2.39. The van der Waals surface area contributed by atoms with E-state index < -0.39 is 0 Å². The van der Waals surface area contributed by atoms with Gasteiger partial charge in [0.25, 0.3) is 0 Å². The lowest BCUT2D eigenvalue weighted by molar-refractivity contribution is 0.161. The molecule has 1 aliphatic heterocycles. The Labute approximate surface area is 219 Å². The Bertz CT molecular complexity index is 1250. The van der Waals surface area contributed by atoms with E-state index in [1.165, 1.54) is 0 Å². The number of hydrogen-bond donors (Lipinski definition) is 3. The average molecular weight is 506 g/mol. The van der Waals surface area contributed by atoms with Crippen LogP contribution >= 0.6 is 11.3 Å². The third kappa shape index (κ3) is 5.39. The van der Waals surface area contributed by atoms with Crippen LogP contribution in [0.1, 0.15) is 64.3 Å². The minimum atomic E-state index is 0.0829. The lowest BCUT2D eigenvalue weighted by atomic mass is 9.79. The molecule has 192 valence electrons. The van der Waals surface area contributed by atoms with Crippen molar-refractivity contribution in [3.8, 4) is 11.1 Å². The van der Waals surface area contributed by atoms with Crippen LogP contribution in [0.3, 0.4) is 0 Å². The molecule has 0 atom stereocenters. The van der Waals surface area contributed by atoms with Gasteiger partial charge in [0.05, 0.1) is 17.6 Å². The van der Waals surface area contributed by atoms with Crippen LogP contribution in [0, 0.1) is 13.8 Å². The summed E-state index contributed by atoms with van der Waals surface area (Å²) in [5, 5.41) is 16.1. The van der Waals surface area contributed by atoms with Gasteiger partial charge in [0, 0.05) is 47.2 Å². The summed E-state index contributed by atoms with van der Waals surface area (Å²) in [6, 6.07) is 4.66. The molecule has 0 amide bonds. The van der Waals surface area contributed by atoms with E-state index in [1.807, 2.05) is 19.3 Å². The van der Waals surface area contributed by atoms with Crippen LogP contribution in [-0.4, -0.2) is 45.1 Å². The van der Waals surface area contributed by atoms with Crippen molar-refractivity contribution in [3.05, 3.63) is 54.1 Å². The second-order valence-corrected chi connectivity index (χ2v) is 12.1. The van der Waals surface area contributed by atoms with E-state index in [-0.39, 0.29) is 11.1 Å². The second-order valence-electron chi connectivity index (χ2n) is 11.1. The molecule has 4 rings (SSSR count). The summed E-state index contributed by atoms with van der Waals surface area (Å²) in [6.45, 7) is 19.3. The number of nitrogens with zero attached hydrogens (tertiary/aromatic N) is 4. The molecule has 1 aliphatic rings. The van der Waals surface area contributed by atoms with Crippen molar-refractivity contribution in [1.29, 1.82) is 0 Å². The van der Waals surface area contributed by atoms with E-state index >= 15 is 0 Å². The topological polar surface area (TPSA) is 81.2 Å². The molecular weight excluding hydrogens is 466 g/mol. The molecule has 3 heterocycles. The summed E-state index contributed by atoms with van der Waals surface area (Å²) in [7, 11) is 2.17. The Kier molecular flexibility index (Phi) is 7.12. The van der Waals surface area contributed by atoms with Crippen molar-refractivity contribution in [2.24, 2.45) is 4.99 Å². The van der Waals surface area contributed by atoms with Gasteiger partial charge in [-0.25, -0.2) is 9.98 Å². The zero-order valence-electron chi connectivity index (χ0n) is 22.8. The summed E-state index contributed by atoms with van der Waals surface area (Å²) in [4.78, 5) is 12.3. The van der Waals surface area contributed by atoms with Crippen molar-refractivity contribution in [2.75, 3.05) is 17.3 Å². The fraction of sp³-hybridized carbons (Fsp3) is 0.464. The Morgan fingerprint density at radius 2 is 1.92 bits per heavy atom. The Morgan fingerprint density at radius 3 is 2.53 bits per heavy atom. The van der Waals surface area contributed by atoms with Crippen molar-refractivity contribution in [1.82, 2.24) is 20.5 Å². The van der Waals surface area contributed by atoms with Crippen molar-refractivity contribution >= 4 is 32.9 Å². The zero-order chi connectivity index (χ0) is 26.3. The molecule has 1 fully saturated rings. The van der Waals surface area contributed by atoms with Crippen LogP contribution in [-0.2, 0) is 0 Å². The predicted octanol–water partition coefficient (Wildman–Crippen LogP) is 6.59. The Balaban J connectivity index is 1.65. The van der Waals surface area contributed by atoms with Gasteiger partial charge in [0.15, 0.2) is 5.13 Å². The molecule has 1 aromatic carbocycles. The monoisotopic (exact) mass is 505 g/mol. The maximum atomic E-state index is 5.05. The molecule has 8 heteroatoms. The first-order valence-corrected chi connectivity index (χ1v) is 13.3. The zero-order valence-corrected chi connectivity index (χ0v) is 23.6. The van der Waals surface area contributed by atoms with Gasteiger partial charge in [0.1, 0.15) is 5.00 Å². The number of aliphatic imine (C=N–C) groups is 1. The van der Waals surface area contributed by atoms with E-state index in [2.05, 4.69) is 93.0 Å². The summed E-state index contributed by atoms with van der Waals surface area (Å²) >= 11 is 1.66. The number of aromatic amines is 1. The number of nitrogens with one attached hydrogen (secondary N) is 3. The second kappa shape index (κ2) is 9.82. The Morgan fingerprint density at radius 1 is 1.22 bits per heavy atom. The van der Waals surface area contributed by atoms with Gasteiger partial charge in [-0.15, -0.1) is 0 Å². The first-order valence-electron chi connectivity index (χ1n) is 12.5. The molecule has 0 saturated carbocycles. The van der Waals surface area contributed by atoms with Crippen LogP contribution in [0.15, 0.2) is 42.3 Å². The summed E-state index contributed by atoms with van der Waals surface area (Å²) in [5.41, 5.74) is 7.41. The van der Waals surface area contributed by atoms with E-state index in [0.717, 1.165) is 62.3 Å². The van der Waals surface area contributed by atoms with Crippen LogP contribution in [0.4, 0.5) is 15.8 Å². The number of rotatable bonds is 7. The predicted molar refractivity (Wildman–Crippen MR) is 154 cm³/mol. The van der Waals surface area contributed by atoms with Gasteiger partial charge >= 0.3 is 0 Å². The number of benzene rings is 1. The smallest absolute Gasteiger partial charge is 0.187 e. The highest BCUT2D eigenvalue weighted by molar-refractivity contribution is 7.19. The lowest BCUT2D eigenvalue weighted by Gasteiger charge is -2.48. The first kappa shape index (κ1) is 26.1. The van der Waals surface area contributed by atoms with Crippen LogP contribution in [0.25, 0.3) is 11.1 Å². The number of aromatic nitrogens is 3. The minimum Gasteiger partial charge on any atom is -0.362 e. The highest BCUT2D eigenvalue weighted by atomic mass is 32.1.